The van der Waals surface area contributed by atoms with Gasteiger partial charge in [0.1, 0.15) is 6.04 Å². The highest BCUT2D eigenvalue weighted by Crippen LogP contribution is 2.16. The SMILES string of the molecule is C=C1CN[C@@H](C)CCc2ccccc2CC(C)CNC(=O)C(CC)NC(=O)CN1. The maximum atomic E-state index is 12.5. The van der Waals surface area contributed by atoms with E-state index in [4.69, 9.17) is 0 Å². The molecule has 0 spiro atoms. The molecule has 0 radical (unpaired) electrons. The minimum atomic E-state index is -0.519. The molecule has 3 atom stereocenters. The summed E-state index contributed by atoms with van der Waals surface area (Å²) in [5.74, 6) is -0.0200. The molecule has 6 nitrogen and oxygen atoms in total. The zero-order valence-electron chi connectivity index (χ0n) is 18.0. The summed E-state index contributed by atoms with van der Waals surface area (Å²) in [6.45, 7) is 11.5. The van der Waals surface area contributed by atoms with Gasteiger partial charge in [0.25, 0.3) is 0 Å². The monoisotopic (exact) mass is 400 g/mol. The van der Waals surface area contributed by atoms with Crippen molar-refractivity contribution in [3.8, 4) is 0 Å². The van der Waals surface area contributed by atoms with E-state index in [1.165, 1.54) is 11.1 Å². The zero-order valence-corrected chi connectivity index (χ0v) is 18.0. The zero-order chi connectivity index (χ0) is 21.2. The molecule has 0 fully saturated rings. The van der Waals surface area contributed by atoms with Crippen LogP contribution < -0.4 is 21.3 Å². The van der Waals surface area contributed by atoms with Gasteiger partial charge in [0.2, 0.25) is 11.8 Å². The van der Waals surface area contributed by atoms with E-state index in [0.717, 1.165) is 25.0 Å². The van der Waals surface area contributed by atoms with Crippen molar-refractivity contribution >= 4 is 11.8 Å². The fraction of sp³-hybridized carbons (Fsp3) is 0.565. The third-order valence-electron chi connectivity index (χ3n) is 5.38. The highest BCUT2D eigenvalue weighted by molar-refractivity contribution is 5.88. The Morgan fingerprint density at radius 3 is 2.52 bits per heavy atom. The molecule has 0 aliphatic carbocycles. The number of rotatable bonds is 1. The van der Waals surface area contributed by atoms with Crippen molar-refractivity contribution in [2.75, 3.05) is 19.6 Å². The molecule has 6 heteroatoms. The maximum Gasteiger partial charge on any atom is 0.242 e. The fourth-order valence-corrected chi connectivity index (χ4v) is 3.48. The van der Waals surface area contributed by atoms with E-state index in [2.05, 4.69) is 66.0 Å². The van der Waals surface area contributed by atoms with E-state index in [1.807, 2.05) is 6.92 Å². The van der Waals surface area contributed by atoms with Crippen molar-refractivity contribution in [2.24, 2.45) is 5.92 Å². The molecule has 160 valence electrons. The Balaban J connectivity index is 2.11. The molecule has 29 heavy (non-hydrogen) atoms. The first kappa shape index (κ1) is 22.9. The van der Waals surface area contributed by atoms with Crippen LogP contribution in [0.5, 0.6) is 0 Å². The lowest BCUT2D eigenvalue weighted by Gasteiger charge is -2.21. The molecule has 1 aromatic rings. The van der Waals surface area contributed by atoms with Gasteiger partial charge in [-0.15, -0.1) is 0 Å². The lowest BCUT2D eigenvalue weighted by molar-refractivity contribution is -0.128. The van der Waals surface area contributed by atoms with Gasteiger partial charge < -0.3 is 21.3 Å². The van der Waals surface area contributed by atoms with E-state index in [9.17, 15) is 9.59 Å². The van der Waals surface area contributed by atoms with Gasteiger partial charge in [-0.2, -0.15) is 0 Å². The lowest BCUT2D eigenvalue weighted by Crippen LogP contribution is -2.49. The number of amides is 2. The van der Waals surface area contributed by atoms with Crippen LogP contribution in [-0.4, -0.2) is 43.5 Å². The van der Waals surface area contributed by atoms with Crippen LogP contribution in [0.25, 0.3) is 0 Å². The van der Waals surface area contributed by atoms with Gasteiger partial charge in [-0.05, 0) is 49.7 Å². The normalized spacial score (nSPS) is 25.6. The number of hydrogen-bond donors (Lipinski definition) is 4. The number of hydrogen-bond acceptors (Lipinski definition) is 4. The van der Waals surface area contributed by atoms with Gasteiger partial charge in [-0.1, -0.05) is 44.7 Å². The summed E-state index contributed by atoms with van der Waals surface area (Å²) in [4.78, 5) is 24.7. The van der Waals surface area contributed by atoms with Gasteiger partial charge in [0, 0.05) is 24.8 Å². The molecular weight excluding hydrogens is 364 g/mol. The predicted octanol–water partition coefficient (Wildman–Crippen LogP) is 1.90. The predicted molar refractivity (Wildman–Crippen MR) is 117 cm³/mol. The van der Waals surface area contributed by atoms with Crippen LogP contribution in [0.1, 0.15) is 44.7 Å². The molecule has 1 aliphatic rings. The molecule has 4 N–H and O–H groups in total. The van der Waals surface area contributed by atoms with Crippen LogP contribution in [0.2, 0.25) is 0 Å². The summed E-state index contributed by atoms with van der Waals surface area (Å²) < 4.78 is 0. The standard InChI is InChI=1S/C23H36N4O2/c1-5-21-23(29)26-13-16(2)12-20-9-7-6-8-19(20)11-10-17(3)24-14-18(4)25-15-22(28)27-21/h6-9,16-17,21,24-25H,4-5,10-15H2,1-3H3,(H,26,29)(H,27,28)/t16?,17-,21?/m0/s1. The second-order valence-electron chi connectivity index (χ2n) is 8.13. The lowest BCUT2D eigenvalue weighted by atomic mass is 9.93. The molecule has 1 aliphatic heterocycles. The Bertz CT molecular complexity index is 704. The molecular formula is C23H36N4O2. The molecule has 2 rings (SSSR count). The largest absolute Gasteiger partial charge is 0.379 e. The first-order chi connectivity index (χ1) is 13.9. The van der Waals surface area contributed by atoms with E-state index in [0.29, 0.717) is 31.5 Å². The minimum Gasteiger partial charge on any atom is -0.379 e. The third kappa shape index (κ3) is 7.89. The maximum absolute atomic E-state index is 12.5. The average molecular weight is 401 g/mol. The molecule has 2 unspecified atom stereocenters. The number of benzene rings is 1. The summed E-state index contributed by atoms with van der Waals surface area (Å²) in [6.07, 6.45) is 3.49. The number of nitrogens with one attached hydrogen (secondary N) is 4. The fourth-order valence-electron chi connectivity index (χ4n) is 3.48. The van der Waals surface area contributed by atoms with Gasteiger partial charge in [0.15, 0.2) is 0 Å². The Morgan fingerprint density at radius 2 is 1.79 bits per heavy atom. The van der Waals surface area contributed by atoms with E-state index in [-0.39, 0.29) is 18.4 Å². The molecule has 0 saturated heterocycles. The van der Waals surface area contributed by atoms with E-state index < -0.39 is 6.04 Å². The van der Waals surface area contributed by atoms with Crippen molar-refractivity contribution in [2.45, 2.75) is 58.5 Å². The third-order valence-corrected chi connectivity index (χ3v) is 5.38. The van der Waals surface area contributed by atoms with Crippen molar-refractivity contribution in [1.29, 1.82) is 0 Å². The summed E-state index contributed by atoms with van der Waals surface area (Å²) in [7, 11) is 0. The van der Waals surface area contributed by atoms with Crippen LogP contribution >= 0.6 is 0 Å². The number of carbonyl (C=O) groups is 2. The van der Waals surface area contributed by atoms with Gasteiger partial charge in [-0.3, -0.25) is 9.59 Å². The summed E-state index contributed by atoms with van der Waals surface area (Å²) in [5, 5.41) is 12.3. The van der Waals surface area contributed by atoms with Gasteiger partial charge >= 0.3 is 0 Å². The topological polar surface area (TPSA) is 82.3 Å². The Kier molecular flexibility index (Phi) is 9.19. The van der Waals surface area contributed by atoms with Crippen LogP contribution in [0, 0.1) is 5.92 Å². The molecule has 2 amide bonds. The molecule has 0 bridgehead atoms. The molecule has 0 saturated carbocycles. The smallest absolute Gasteiger partial charge is 0.242 e. The minimum absolute atomic E-state index is 0.114. The highest BCUT2D eigenvalue weighted by atomic mass is 16.2. The number of fused-ring (bicyclic) bond motifs is 1. The van der Waals surface area contributed by atoms with Gasteiger partial charge in [-0.25, -0.2) is 0 Å². The Labute approximate surface area is 174 Å². The summed E-state index contributed by atoms with van der Waals surface area (Å²) in [6, 6.07) is 8.38. The molecule has 1 aromatic carbocycles. The van der Waals surface area contributed by atoms with Crippen LogP contribution in [-0.2, 0) is 22.4 Å². The molecule has 1 heterocycles. The summed E-state index contributed by atoms with van der Waals surface area (Å²) in [5.41, 5.74) is 3.48. The van der Waals surface area contributed by atoms with E-state index >= 15 is 0 Å². The van der Waals surface area contributed by atoms with Crippen molar-refractivity contribution < 1.29 is 9.59 Å². The van der Waals surface area contributed by atoms with Crippen LogP contribution in [0.4, 0.5) is 0 Å². The average Bonchev–Trinajstić information content (AvgIpc) is 2.71. The van der Waals surface area contributed by atoms with Crippen LogP contribution in [0.3, 0.4) is 0 Å². The quantitative estimate of drug-likeness (QED) is 0.580. The first-order valence-electron chi connectivity index (χ1n) is 10.7. The van der Waals surface area contributed by atoms with Crippen LogP contribution in [0.15, 0.2) is 36.5 Å². The number of aryl methyl sites for hydroxylation is 1. The highest BCUT2D eigenvalue weighted by Gasteiger charge is 2.19. The van der Waals surface area contributed by atoms with Crippen molar-refractivity contribution in [3.63, 3.8) is 0 Å². The van der Waals surface area contributed by atoms with E-state index in [1.54, 1.807) is 0 Å². The first-order valence-corrected chi connectivity index (χ1v) is 10.7. The Hall–Kier alpha value is -2.34. The number of carbonyl (C=O) groups excluding carboxylic acids is 2. The molecule has 0 aromatic heterocycles. The second-order valence-corrected chi connectivity index (χ2v) is 8.13. The Morgan fingerprint density at radius 1 is 1.07 bits per heavy atom. The van der Waals surface area contributed by atoms with Crippen molar-refractivity contribution in [3.05, 3.63) is 47.7 Å². The van der Waals surface area contributed by atoms with Gasteiger partial charge in [0.05, 0.1) is 6.54 Å². The van der Waals surface area contributed by atoms with Crippen molar-refractivity contribution in [1.82, 2.24) is 21.3 Å². The second kappa shape index (κ2) is 11.6. The summed E-state index contributed by atoms with van der Waals surface area (Å²) >= 11 is 0.